The van der Waals surface area contributed by atoms with E-state index >= 15 is 0 Å². The Morgan fingerprint density at radius 1 is 1.03 bits per heavy atom. The molecule has 0 saturated heterocycles. The van der Waals surface area contributed by atoms with Crippen LogP contribution in [0, 0.1) is 0 Å². The van der Waals surface area contributed by atoms with E-state index in [2.05, 4.69) is 30.4 Å². The van der Waals surface area contributed by atoms with E-state index < -0.39 is 0 Å². The number of ether oxygens (including phenoxy) is 3. The number of methoxy groups -OCH3 is 1. The summed E-state index contributed by atoms with van der Waals surface area (Å²) in [6.45, 7) is 4.80. The van der Waals surface area contributed by atoms with Gasteiger partial charge in [0.15, 0.2) is 0 Å². The molecule has 0 fully saturated rings. The second kappa shape index (κ2) is 10.7. The number of hydrogen-bond acceptors (Lipinski definition) is 5. The first-order chi connectivity index (χ1) is 14.2. The molecule has 3 rings (SSSR count). The number of unbranched alkanes of at least 4 members (excludes halogenated alkanes) is 1. The first-order valence-electron chi connectivity index (χ1n) is 10.2. The van der Waals surface area contributed by atoms with Crippen molar-refractivity contribution in [2.45, 2.75) is 26.2 Å². The molecule has 5 nitrogen and oxygen atoms in total. The lowest BCUT2D eigenvalue weighted by Gasteiger charge is -2.10. The van der Waals surface area contributed by atoms with Crippen molar-refractivity contribution in [1.29, 1.82) is 0 Å². The van der Waals surface area contributed by atoms with Crippen molar-refractivity contribution in [2.75, 3.05) is 38.8 Å². The van der Waals surface area contributed by atoms with Crippen LogP contribution in [0.15, 0.2) is 48.0 Å². The minimum atomic E-state index is -0.273. The molecule has 1 heterocycles. The summed E-state index contributed by atoms with van der Waals surface area (Å²) < 4.78 is 16.1. The van der Waals surface area contributed by atoms with Gasteiger partial charge in [-0.15, -0.1) is 0 Å². The number of anilines is 1. The summed E-state index contributed by atoms with van der Waals surface area (Å²) >= 11 is 0. The van der Waals surface area contributed by atoms with Crippen LogP contribution in [0.5, 0.6) is 5.75 Å². The third kappa shape index (κ3) is 5.84. The first-order valence-corrected chi connectivity index (χ1v) is 10.2. The Hall–Kier alpha value is -2.79. The third-order valence-corrected chi connectivity index (χ3v) is 4.86. The molecule has 0 atom stereocenters. The van der Waals surface area contributed by atoms with Gasteiger partial charge in [0.1, 0.15) is 12.4 Å². The van der Waals surface area contributed by atoms with Crippen LogP contribution in [-0.2, 0) is 14.3 Å². The van der Waals surface area contributed by atoms with Crippen molar-refractivity contribution in [2.24, 2.45) is 0 Å². The van der Waals surface area contributed by atoms with E-state index in [9.17, 15) is 4.79 Å². The molecule has 5 heteroatoms. The van der Waals surface area contributed by atoms with Gasteiger partial charge < -0.3 is 19.5 Å². The molecule has 0 amide bonds. The number of benzene rings is 2. The second-order valence-electron chi connectivity index (χ2n) is 6.98. The van der Waals surface area contributed by atoms with E-state index in [1.807, 2.05) is 30.3 Å². The molecule has 0 bridgehead atoms. The smallest absolute Gasteiger partial charge is 0.333 e. The monoisotopic (exact) mass is 395 g/mol. The first kappa shape index (κ1) is 20.9. The van der Waals surface area contributed by atoms with E-state index in [4.69, 9.17) is 14.2 Å². The molecular weight excluding hydrogens is 366 g/mol. The minimum Gasteiger partial charge on any atom is -0.491 e. The van der Waals surface area contributed by atoms with Crippen LogP contribution in [-0.4, -0.2) is 39.4 Å². The molecule has 1 N–H and O–H groups in total. The quantitative estimate of drug-likeness (QED) is 0.482. The SMILES string of the molecule is CCCCOCCOc1ccc(-c2ccc3c(c2)C=C(C(=O)OC)CCN3)cc1. The highest BCUT2D eigenvalue weighted by atomic mass is 16.5. The minimum absolute atomic E-state index is 0.273. The van der Waals surface area contributed by atoms with Crippen LogP contribution < -0.4 is 10.1 Å². The van der Waals surface area contributed by atoms with Gasteiger partial charge in [0.05, 0.1) is 13.7 Å². The van der Waals surface area contributed by atoms with E-state index in [1.165, 1.54) is 7.11 Å². The molecule has 154 valence electrons. The molecule has 1 aliphatic heterocycles. The van der Waals surface area contributed by atoms with E-state index in [0.717, 1.165) is 47.6 Å². The number of carbonyl (C=O) groups excluding carboxylic acids is 1. The van der Waals surface area contributed by atoms with Crippen LogP contribution in [0.25, 0.3) is 17.2 Å². The highest BCUT2D eigenvalue weighted by Crippen LogP contribution is 2.30. The van der Waals surface area contributed by atoms with E-state index in [0.29, 0.717) is 31.8 Å². The van der Waals surface area contributed by atoms with Crippen LogP contribution in [0.4, 0.5) is 5.69 Å². The maximum absolute atomic E-state index is 11.9. The lowest BCUT2D eigenvalue weighted by atomic mass is 10.0. The molecule has 0 unspecified atom stereocenters. The Kier molecular flexibility index (Phi) is 7.70. The largest absolute Gasteiger partial charge is 0.491 e. The molecule has 0 saturated carbocycles. The number of rotatable bonds is 9. The van der Waals surface area contributed by atoms with Gasteiger partial charge in [0, 0.05) is 24.4 Å². The molecule has 0 spiro atoms. The molecule has 0 radical (unpaired) electrons. The summed E-state index contributed by atoms with van der Waals surface area (Å²) in [5, 5.41) is 3.37. The van der Waals surface area contributed by atoms with E-state index in [1.54, 1.807) is 0 Å². The zero-order chi connectivity index (χ0) is 20.5. The van der Waals surface area contributed by atoms with Crippen molar-refractivity contribution < 1.29 is 19.0 Å². The summed E-state index contributed by atoms with van der Waals surface area (Å²) in [6, 6.07) is 14.3. The van der Waals surface area contributed by atoms with E-state index in [-0.39, 0.29) is 5.97 Å². The van der Waals surface area contributed by atoms with Crippen molar-refractivity contribution >= 4 is 17.7 Å². The maximum Gasteiger partial charge on any atom is 0.333 e. The maximum atomic E-state index is 11.9. The van der Waals surface area contributed by atoms with Gasteiger partial charge in [-0.1, -0.05) is 31.5 Å². The highest BCUT2D eigenvalue weighted by molar-refractivity contribution is 5.95. The lowest BCUT2D eigenvalue weighted by molar-refractivity contribution is -0.136. The summed E-state index contributed by atoms with van der Waals surface area (Å²) in [6.07, 6.45) is 4.79. The summed E-state index contributed by atoms with van der Waals surface area (Å²) in [5.74, 6) is 0.558. The molecule has 0 aliphatic carbocycles. The fourth-order valence-corrected chi connectivity index (χ4v) is 3.22. The van der Waals surface area contributed by atoms with Gasteiger partial charge in [-0.2, -0.15) is 0 Å². The number of nitrogens with one attached hydrogen (secondary N) is 1. The molecule has 0 aromatic heterocycles. The third-order valence-electron chi connectivity index (χ3n) is 4.86. The Balaban J connectivity index is 1.67. The van der Waals surface area contributed by atoms with Crippen molar-refractivity contribution in [1.82, 2.24) is 0 Å². The van der Waals surface area contributed by atoms with Crippen molar-refractivity contribution in [3.63, 3.8) is 0 Å². The summed E-state index contributed by atoms with van der Waals surface area (Å²) in [5.41, 5.74) is 4.88. The average Bonchev–Trinajstić information content (AvgIpc) is 2.98. The number of hydrogen-bond donors (Lipinski definition) is 1. The fourth-order valence-electron chi connectivity index (χ4n) is 3.22. The lowest BCUT2D eigenvalue weighted by Crippen LogP contribution is -2.07. The topological polar surface area (TPSA) is 56.8 Å². The standard InChI is InChI=1S/C24H29NO4/c1-3-4-13-28-14-15-29-22-8-5-18(6-9-22)19-7-10-23-21(16-19)17-20(11-12-25-23)24(26)27-2/h5-10,16-17,25H,3-4,11-15H2,1-2H3. The predicted molar refractivity (Wildman–Crippen MR) is 116 cm³/mol. The average molecular weight is 395 g/mol. The van der Waals surface area contributed by atoms with Crippen molar-refractivity contribution in [3.8, 4) is 16.9 Å². The van der Waals surface area contributed by atoms with Crippen LogP contribution >= 0.6 is 0 Å². The van der Waals surface area contributed by atoms with Crippen molar-refractivity contribution in [3.05, 3.63) is 53.6 Å². The second-order valence-corrected chi connectivity index (χ2v) is 6.98. The molecule has 2 aromatic carbocycles. The number of carbonyl (C=O) groups is 1. The van der Waals surface area contributed by atoms with Gasteiger partial charge in [-0.05, 0) is 59.9 Å². The van der Waals surface area contributed by atoms with Gasteiger partial charge >= 0.3 is 5.97 Å². The molecule has 2 aromatic rings. The number of fused-ring (bicyclic) bond motifs is 1. The zero-order valence-corrected chi connectivity index (χ0v) is 17.2. The summed E-state index contributed by atoms with van der Waals surface area (Å²) in [4.78, 5) is 11.9. The molecule has 29 heavy (non-hydrogen) atoms. The van der Waals surface area contributed by atoms with Gasteiger partial charge in [0.25, 0.3) is 0 Å². The Bertz CT molecular complexity index is 842. The van der Waals surface area contributed by atoms with Crippen LogP contribution in [0.2, 0.25) is 0 Å². The fraction of sp³-hybridized carbons (Fsp3) is 0.375. The van der Waals surface area contributed by atoms with Gasteiger partial charge in [-0.3, -0.25) is 0 Å². The Morgan fingerprint density at radius 3 is 2.59 bits per heavy atom. The Labute approximate surface area is 172 Å². The van der Waals surface area contributed by atoms with Crippen LogP contribution in [0.1, 0.15) is 31.7 Å². The summed E-state index contributed by atoms with van der Waals surface area (Å²) in [7, 11) is 1.42. The van der Waals surface area contributed by atoms with Gasteiger partial charge in [0.2, 0.25) is 0 Å². The molecule has 1 aliphatic rings. The van der Waals surface area contributed by atoms with Crippen LogP contribution in [0.3, 0.4) is 0 Å². The molecular formula is C24H29NO4. The highest BCUT2D eigenvalue weighted by Gasteiger charge is 2.15. The number of esters is 1. The predicted octanol–water partition coefficient (Wildman–Crippen LogP) is 4.92. The normalized spacial score (nSPS) is 13.0. The Morgan fingerprint density at radius 2 is 1.83 bits per heavy atom. The van der Waals surface area contributed by atoms with Gasteiger partial charge in [-0.25, -0.2) is 4.79 Å². The zero-order valence-electron chi connectivity index (χ0n) is 17.2.